The lowest BCUT2D eigenvalue weighted by molar-refractivity contribution is -0.153. The van der Waals surface area contributed by atoms with E-state index >= 15 is 4.39 Å². The van der Waals surface area contributed by atoms with E-state index in [2.05, 4.69) is 10.2 Å². The molecule has 3 heterocycles. The Bertz CT molecular complexity index is 1400. The van der Waals surface area contributed by atoms with Gasteiger partial charge in [0.2, 0.25) is 0 Å². The first-order chi connectivity index (χ1) is 16.7. The second-order valence-electron chi connectivity index (χ2n) is 9.74. The van der Waals surface area contributed by atoms with Crippen LogP contribution in [0.5, 0.6) is 0 Å². The average molecular weight is 484 g/mol. The van der Waals surface area contributed by atoms with Crippen molar-refractivity contribution < 1.29 is 28.2 Å². The molecule has 1 saturated heterocycles. The van der Waals surface area contributed by atoms with Gasteiger partial charge in [0.15, 0.2) is 11.9 Å². The predicted octanol–water partition coefficient (Wildman–Crippen LogP) is 5.06. The normalized spacial score (nSPS) is 19.0. The lowest BCUT2D eigenvalue weighted by Crippen LogP contribution is -2.33. The van der Waals surface area contributed by atoms with Crippen LogP contribution in [0.25, 0.3) is 27.5 Å². The summed E-state index contributed by atoms with van der Waals surface area (Å²) in [6.45, 7) is 4.53. The minimum atomic E-state index is -0.998. The van der Waals surface area contributed by atoms with Crippen LogP contribution in [-0.2, 0) is 19.7 Å². The Kier molecular flexibility index (Phi) is 5.85. The smallest absolute Gasteiger partial charge is 0.332 e. The largest absolute Gasteiger partial charge is 0.479 e. The number of carboxylic acids is 1. The van der Waals surface area contributed by atoms with Crippen LogP contribution >= 0.6 is 0 Å². The van der Waals surface area contributed by atoms with E-state index in [0.717, 1.165) is 11.3 Å². The molecule has 0 aliphatic carbocycles. The number of hydrogen-bond donors (Lipinski definition) is 2. The van der Waals surface area contributed by atoms with Gasteiger partial charge in [0, 0.05) is 40.6 Å². The fourth-order valence-electron chi connectivity index (χ4n) is 5.36. The molecule has 2 aromatic heterocycles. The molecular weight excluding hydrogens is 456 g/mol. The van der Waals surface area contributed by atoms with Crippen molar-refractivity contribution in [2.45, 2.75) is 44.1 Å². The summed E-state index contributed by atoms with van der Waals surface area (Å²) in [4.78, 5) is 11.5. The van der Waals surface area contributed by atoms with Gasteiger partial charge in [0.05, 0.1) is 24.9 Å². The topological polar surface area (TPSA) is 89.4 Å². The van der Waals surface area contributed by atoms with Gasteiger partial charge in [-0.05, 0) is 48.7 Å². The molecular formula is C26H27F2N3O4. The number of carbonyl (C=O) groups is 1. The van der Waals surface area contributed by atoms with Crippen molar-refractivity contribution in [3.05, 3.63) is 59.4 Å². The van der Waals surface area contributed by atoms with Crippen LogP contribution in [-0.4, -0.2) is 52.3 Å². The Labute approximate surface area is 200 Å². The second kappa shape index (κ2) is 8.73. The number of hydrogen-bond acceptors (Lipinski definition) is 4. The first-order valence-electron chi connectivity index (χ1n) is 11.5. The Morgan fingerprint density at radius 1 is 1.29 bits per heavy atom. The molecule has 1 aliphatic heterocycles. The molecule has 35 heavy (non-hydrogen) atoms. The third-order valence-corrected chi connectivity index (χ3v) is 6.84. The van der Waals surface area contributed by atoms with Crippen LogP contribution < -0.4 is 0 Å². The Morgan fingerprint density at radius 3 is 2.66 bits per heavy atom. The number of fused-ring (bicyclic) bond motifs is 2. The monoisotopic (exact) mass is 483 g/mol. The SMILES string of the molecule is COCC(C)(C)c1c([C@@H]2CCC(C(=O)O)OC2)c2c(F)c3[nH]ncc3cc2n1-c1ccc(F)cc1. The highest BCUT2D eigenvalue weighted by atomic mass is 19.1. The number of benzene rings is 2. The van der Waals surface area contributed by atoms with Gasteiger partial charge in [-0.2, -0.15) is 5.10 Å². The van der Waals surface area contributed by atoms with E-state index in [4.69, 9.17) is 9.47 Å². The summed E-state index contributed by atoms with van der Waals surface area (Å²) in [6, 6.07) is 7.96. The summed E-state index contributed by atoms with van der Waals surface area (Å²) in [5, 5.41) is 17.2. The molecule has 0 bridgehead atoms. The maximum Gasteiger partial charge on any atom is 0.332 e. The van der Waals surface area contributed by atoms with E-state index in [1.807, 2.05) is 24.5 Å². The number of methoxy groups -OCH3 is 1. The zero-order valence-corrected chi connectivity index (χ0v) is 19.8. The maximum atomic E-state index is 16.2. The molecule has 1 fully saturated rings. The summed E-state index contributed by atoms with van der Waals surface area (Å²) >= 11 is 0. The number of H-pyrrole nitrogens is 1. The van der Waals surface area contributed by atoms with E-state index in [1.165, 1.54) is 12.1 Å². The van der Waals surface area contributed by atoms with Gasteiger partial charge in [-0.3, -0.25) is 5.10 Å². The zero-order chi connectivity index (χ0) is 24.9. The minimum Gasteiger partial charge on any atom is -0.479 e. The molecule has 2 atom stereocenters. The summed E-state index contributed by atoms with van der Waals surface area (Å²) in [5.41, 5.74) is 2.61. The molecule has 0 spiro atoms. The first kappa shape index (κ1) is 23.4. The molecule has 2 aromatic carbocycles. The molecule has 0 saturated carbocycles. The fourth-order valence-corrected chi connectivity index (χ4v) is 5.36. The van der Waals surface area contributed by atoms with E-state index in [0.29, 0.717) is 46.9 Å². The summed E-state index contributed by atoms with van der Waals surface area (Å²) in [6.07, 6.45) is 1.54. The third-order valence-electron chi connectivity index (χ3n) is 6.84. The van der Waals surface area contributed by atoms with Crippen LogP contribution in [0.15, 0.2) is 36.5 Å². The lowest BCUT2D eigenvalue weighted by Gasteiger charge is -2.32. The minimum absolute atomic E-state index is 0.149. The van der Waals surface area contributed by atoms with Gasteiger partial charge in [-0.25, -0.2) is 13.6 Å². The van der Waals surface area contributed by atoms with E-state index in [1.54, 1.807) is 25.4 Å². The summed E-state index contributed by atoms with van der Waals surface area (Å²) in [7, 11) is 1.61. The molecule has 2 N–H and O–H groups in total. The van der Waals surface area contributed by atoms with Crippen molar-refractivity contribution >= 4 is 27.8 Å². The van der Waals surface area contributed by atoms with Crippen molar-refractivity contribution in [1.82, 2.24) is 14.8 Å². The standard InChI is InChI=1S/C26H27F2N3O4/c1-26(2,13-34-3)24-20(14-4-9-19(25(32)33)35-12-14)21-18(10-15-11-29-30-23(15)22(21)28)31(24)17-7-5-16(27)6-8-17/h5-8,10-11,14,19H,4,9,12-13H2,1-3H3,(H,29,30)(H,32,33)/t14-,19?/m1/s1. The zero-order valence-electron chi connectivity index (χ0n) is 19.8. The van der Waals surface area contributed by atoms with Crippen molar-refractivity contribution in [1.29, 1.82) is 0 Å². The highest BCUT2D eigenvalue weighted by Gasteiger charge is 2.38. The number of halogens is 2. The average Bonchev–Trinajstić information content (AvgIpc) is 3.43. The summed E-state index contributed by atoms with van der Waals surface area (Å²) in [5.74, 6) is -2.04. The molecule has 1 aliphatic rings. The van der Waals surface area contributed by atoms with Gasteiger partial charge in [-0.1, -0.05) is 13.8 Å². The molecule has 1 unspecified atom stereocenters. The van der Waals surface area contributed by atoms with Crippen LogP contribution in [0.3, 0.4) is 0 Å². The van der Waals surface area contributed by atoms with Gasteiger partial charge in [0.25, 0.3) is 0 Å². The van der Waals surface area contributed by atoms with Gasteiger partial charge >= 0.3 is 5.97 Å². The number of carboxylic acid groups (broad SMARTS) is 1. The van der Waals surface area contributed by atoms with Gasteiger partial charge in [-0.15, -0.1) is 0 Å². The maximum absolute atomic E-state index is 16.2. The van der Waals surface area contributed by atoms with E-state index in [-0.39, 0.29) is 18.3 Å². The predicted molar refractivity (Wildman–Crippen MR) is 127 cm³/mol. The third kappa shape index (κ3) is 3.88. The lowest BCUT2D eigenvalue weighted by atomic mass is 9.80. The number of aromatic amines is 1. The second-order valence-corrected chi connectivity index (χ2v) is 9.74. The molecule has 4 aromatic rings. The Balaban J connectivity index is 1.86. The van der Waals surface area contributed by atoms with Gasteiger partial charge < -0.3 is 19.1 Å². The number of aliphatic carboxylic acids is 1. The molecule has 9 heteroatoms. The van der Waals surface area contributed by atoms with Crippen LogP contribution in [0, 0.1) is 11.6 Å². The number of rotatable bonds is 6. The van der Waals surface area contributed by atoms with Crippen molar-refractivity contribution in [3.63, 3.8) is 0 Å². The molecule has 0 amide bonds. The van der Waals surface area contributed by atoms with E-state index < -0.39 is 23.3 Å². The molecule has 184 valence electrons. The molecule has 7 nitrogen and oxygen atoms in total. The highest BCUT2D eigenvalue weighted by Crippen LogP contribution is 2.45. The van der Waals surface area contributed by atoms with Crippen molar-refractivity contribution in [3.8, 4) is 5.69 Å². The van der Waals surface area contributed by atoms with Crippen molar-refractivity contribution in [2.24, 2.45) is 0 Å². The first-order valence-corrected chi connectivity index (χ1v) is 11.5. The van der Waals surface area contributed by atoms with Gasteiger partial charge in [0.1, 0.15) is 11.3 Å². The highest BCUT2D eigenvalue weighted by molar-refractivity contribution is 6.00. The number of nitrogens with one attached hydrogen (secondary N) is 1. The number of nitrogens with zero attached hydrogens (tertiary/aromatic N) is 2. The summed E-state index contributed by atoms with van der Waals surface area (Å²) < 4.78 is 43.2. The van der Waals surface area contributed by atoms with E-state index in [9.17, 15) is 14.3 Å². The van der Waals surface area contributed by atoms with Crippen molar-refractivity contribution in [2.75, 3.05) is 20.3 Å². The Morgan fingerprint density at radius 2 is 2.03 bits per heavy atom. The Hall–Kier alpha value is -3.30. The fraction of sp³-hybridized carbons (Fsp3) is 0.385. The number of ether oxygens (including phenoxy) is 2. The van der Waals surface area contributed by atoms with Crippen LogP contribution in [0.4, 0.5) is 8.78 Å². The molecule has 5 rings (SSSR count). The number of aromatic nitrogens is 3. The molecule has 0 radical (unpaired) electrons. The van der Waals surface area contributed by atoms with Crippen LogP contribution in [0.2, 0.25) is 0 Å². The van der Waals surface area contributed by atoms with Crippen LogP contribution in [0.1, 0.15) is 43.9 Å². The quantitative estimate of drug-likeness (QED) is 0.400.